The smallest absolute Gasteiger partial charge is 0.191 e. The summed E-state index contributed by atoms with van der Waals surface area (Å²) in [6, 6.07) is 21.9. The molecule has 0 unspecified atom stereocenters. The van der Waals surface area contributed by atoms with Crippen molar-refractivity contribution in [3.63, 3.8) is 0 Å². The maximum Gasteiger partial charge on any atom is 0.191 e. The van der Waals surface area contributed by atoms with Crippen LogP contribution in [0.5, 0.6) is 11.5 Å². The van der Waals surface area contributed by atoms with Gasteiger partial charge in [-0.15, -0.1) is 24.0 Å². The molecule has 3 rings (SSSR count). The Morgan fingerprint density at radius 3 is 2.61 bits per heavy atom. The van der Waals surface area contributed by atoms with Crippen LogP contribution in [0.15, 0.2) is 77.9 Å². The Hall–Kier alpha value is -2.81. The first kappa shape index (κ1) is 24.5. The van der Waals surface area contributed by atoms with E-state index in [9.17, 15) is 0 Å². The highest BCUT2D eigenvalue weighted by Crippen LogP contribution is 2.17. The molecule has 0 atom stereocenters. The zero-order valence-corrected chi connectivity index (χ0v) is 20.2. The van der Waals surface area contributed by atoms with E-state index in [-0.39, 0.29) is 24.0 Å². The summed E-state index contributed by atoms with van der Waals surface area (Å²) < 4.78 is 11.3. The summed E-state index contributed by atoms with van der Waals surface area (Å²) in [5.41, 5.74) is 3.18. The number of para-hydroxylation sites is 1. The van der Waals surface area contributed by atoms with E-state index in [4.69, 9.17) is 9.47 Å². The molecule has 164 valence electrons. The molecule has 2 aromatic carbocycles. The Labute approximate surface area is 201 Å². The van der Waals surface area contributed by atoms with Gasteiger partial charge < -0.3 is 20.1 Å². The normalized spacial score (nSPS) is 10.7. The topological polar surface area (TPSA) is 67.8 Å². The first-order valence-corrected chi connectivity index (χ1v) is 9.96. The number of pyridine rings is 1. The number of nitrogens with one attached hydrogen (secondary N) is 2. The molecule has 0 radical (unpaired) electrons. The highest BCUT2D eigenvalue weighted by atomic mass is 127. The number of hydrogen-bond acceptors (Lipinski definition) is 4. The quantitative estimate of drug-likeness (QED) is 0.246. The second kappa shape index (κ2) is 13.5. The maximum absolute atomic E-state index is 5.85. The second-order valence-electron chi connectivity index (χ2n) is 6.67. The van der Waals surface area contributed by atoms with Gasteiger partial charge in [-0.05, 0) is 47.9 Å². The third kappa shape index (κ3) is 8.09. The van der Waals surface area contributed by atoms with E-state index in [1.165, 1.54) is 5.56 Å². The average molecular weight is 532 g/mol. The molecule has 0 saturated carbocycles. The maximum atomic E-state index is 5.85. The van der Waals surface area contributed by atoms with Gasteiger partial charge in [0.25, 0.3) is 0 Å². The van der Waals surface area contributed by atoms with E-state index >= 15 is 0 Å². The van der Waals surface area contributed by atoms with Crippen molar-refractivity contribution >= 4 is 29.9 Å². The monoisotopic (exact) mass is 532 g/mol. The lowest BCUT2D eigenvalue weighted by Crippen LogP contribution is -2.37. The Morgan fingerprint density at radius 2 is 1.84 bits per heavy atom. The summed E-state index contributed by atoms with van der Waals surface area (Å²) in [6.45, 7) is 1.85. The molecule has 31 heavy (non-hydrogen) atoms. The SMILES string of the molecule is CN=C(NCCc1ccccc1OC)NCc1cccc(OCc2ccccn2)c1.I. The number of aliphatic imine (C=N–C) groups is 1. The fourth-order valence-corrected chi connectivity index (χ4v) is 3.02. The number of aromatic nitrogens is 1. The van der Waals surface area contributed by atoms with E-state index in [2.05, 4.69) is 32.7 Å². The van der Waals surface area contributed by atoms with Crippen molar-refractivity contribution in [2.24, 2.45) is 4.99 Å². The minimum Gasteiger partial charge on any atom is -0.496 e. The van der Waals surface area contributed by atoms with Crippen LogP contribution in [0.25, 0.3) is 0 Å². The predicted molar refractivity (Wildman–Crippen MR) is 135 cm³/mol. The van der Waals surface area contributed by atoms with Crippen molar-refractivity contribution in [3.05, 3.63) is 89.7 Å². The first-order chi connectivity index (χ1) is 14.8. The number of benzene rings is 2. The lowest BCUT2D eigenvalue weighted by molar-refractivity contribution is 0.301. The van der Waals surface area contributed by atoms with Crippen LogP contribution in [0.1, 0.15) is 16.8 Å². The first-order valence-electron chi connectivity index (χ1n) is 9.96. The standard InChI is InChI=1S/C24H28N4O2.HI/c1-25-24(27-15-13-20-9-3-4-12-23(20)29-2)28-17-19-8-7-11-22(16-19)30-18-21-10-5-6-14-26-21;/h3-12,14,16H,13,15,17-18H2,1-2H3,(H2,25,27,28);1H. The van der Waals surface area contributed by atoms with E-state index in [0.29, 0.717) is 13.2 Å². The summed E-state index contributed by atoms with van der Waals surface area (Å²) in [7, 11) is 3.46. The van der Waals surface area contributed by atoms with Crippen LogP contribution in [-0.2, 0) is 19.6 Å². The number of nitrogens with zero attached hydrogens (tertiary/aromatic N) is 2. The number of halogens is 1. The average Bonchev–Trinajstić information content (AvgIpc) is 2.81. The van der Waals surface area contributed by atoms with Gasteiger partial charge in [0, 0.05) is 26.3 Å². The van der Waals surface area contributed by atoms with Crippen molar-refractivity contribution in [1.82, 2.24) is 15.6 Å². The molecule has 0 aliphatic rings. The Balaban J connectivity index is 0.00000341. The summed E-state index contributed by atoms with van der Waals surface area (Å²) >= 11 is 0. The van der Waals surface area contributed by atoms with Crippen molar-refractivity contribution in [1.29, 1.82) is 0 Å². The van der Waals surface area contributed by atoms with Gasteiger partial charge in [0.05, 0.1) is 12.8 Å². The third-order valence-electron chi connectivity index (χ3n) is 4.57. The molecule has 1 aromatic heterocycles. The summed E-state index contributed by atoms with van der Waals surface area (Å²) in [6.07, 6.45) is 2.62. The zero-order valence-electron chi connectivity index (χ0n) is 17.9. The largest absolute Gasteiger partial charge is 0.496 e. The van der Waals surface area contributed by atoms with Crippen LogP contribution in [-0.4, -0.2) is 31.6 Å². The number of methoxy groups -OCH3 is 1. The Morgan fingerprint density at radius 1 is 1.00 bits per heavy atom. The van der Waals surface area contributed by atoms with Gasteiger partial charge in [0.15, 0.2) is 5.96 Å². The van der Waals surface area contributed by atoms with Crippen LogP contribution in [0.4, 0.5) is 0 Å². The van der Waals surface area contributed by atoms with E-state index < -0.39 is 0 Å². The molecule has 3 aromatic rings. The fourth-order valence-electron chi connectivity index (χ4n) is 3.02. The summed E-state index contributed by atoms with van der Waals surface area (Å²) in [4.78, 5) is 8.58. The van der Waals surface area contributed by atoms with Gasteiger partial charge in [-0.2, -0.15) is 0 Å². The molecule has 7 heteroatoms. The van der Waals surface area contributed by atoms with Gasteiger partial charge in [-0.3, -0.25) is 9.98 Å². The molecular weight excluding hydrogens is 503 g/mol. The third-order valence-corrected chi connectivity index (χ3v) is 4.57. The minimum absolute atomic E-state index is 0. The van der Waals surface area contributed by atoms with Gasteiger partial charge in [0.2, 0.25) is 0 Å². The molecule has 0 fully saturated rings. The van der Waals surface area contributed by atoms with E-state index in [1.54, 1.807) is 20.4 Å². The zero-order chi connectivity index (χ0) is 21.0. The van der Waals surface area contributed by atoms with E-state index in [0.717, 1.165) is 41.7 Å². The van der Waals surface area contributed by atoms with Crippen molar-refractivity contribution < 1.29 is 9.47 Å². The van der Waals surface area contributed by atoms with Gasteiger partial charge in [-0.1, -0.05) is 36.4 Å². The van der Waals surface area contributed by atoms with Crippen molar-refractivity contribution in [3.8, 4) is 11.5 Å². The molecule has 2 N–H and O–H groups in total. The van der Waals surface area contributed by atoms with Gasteiger partial charge in [0.1, 0.15) is 18.1 Å². The number of rotatable bonds is 9. The van der Waals surface area contributed by atoms with Crippen LogP contribution in [0.2, 0.25) is 0 Å². The fraction of sp³-hybridized carbons (Fsp3) is 0.250. The lowest BCUT2D eigenvalue weighted by atomic mass is 10.1. The Kier molecular flexibility index (Phi) is 10.6. The highest BCUT2D eigenvalue weighted by Gasteiger charge is 2.04. The lowest BCUT2D eigenvalue weighted by Gasteiger charge is -2.14. The van der Waals surface area contributed by atoms with Crippen LogP contribution >= 0.6 is 24.0 Å². The highest BCUT2D eigenvalue weighted by molar-refractivity contribution is 14.0. The van der Waals surface area contributed by atoms with Crippen LogP contribution in [0.3, 0.4) is 0 Å². The predicted octanol–water partition coefficient (Wildman–Crippen LogP) is 4.19. The Bertz CT molecular complexity index is 951. The summed E-state index contributed by atoms with van der Waals surface area (Å²) in [5.74, 6) is 2.48. The molecule has 0 aliphatic carbocycles. The number of ether oxygens (including phenoxy) is 2. The number of hydrogen-bond donors (Lipinski definition) is 2. The van der Waals surface area contributed by atoms with Crippen LogP contribution in [0, 0.1) is 0 Å². The van der Waals surface area contributed by atoms with Crippen LogP contribution < -0.4 is 20.1 Å². The van der Waals surface area contributed by atoms with Crippen molar-refractivity contribution in [2.45, 2.75) is 19.6 Å². The second-order valence-corrected chi connectivity index (χ2v) is 6.67. The molecule has 1 heterocycles. The van der Waals surface area contributed by atoms with Crippen molar-refractivity contribution in [2.75, 3.05) is 20.7 Å². The van der Waals surface area contributed by atoms with Gasteiger partial charge in [-0.25, -0.2) is 0 Å². The van der Waals surface area contributed by atoms with E-state index in [1.807, 2.05) is 54.6 Å². The molecule has 0 saturated heterocycles. The minimum atomic E-state index is 0. The molecular formula is C24H29IN4O2. The molecule has 0 aliphatic heterocycles. The molecule has 6 nitrogen and oxygen atoms in total. The summed E-state index contributed by atoms with van der Waals surface area (Å²) in [5, 5.41) is 6.69. The molecule has 0 spiro atoms. The van der Waals surface area contributed by atoms with Gasteiger partial charge >= 0.3 is 0 Å². The number of guanidine groups is 1. The molecule has 0 amide bonds. The molecule has 0 bridgehead atoms.